The molecule has 0 aliphatic carbocycles. The number of halogens is 3. The number of aryl methyl sites for hydroxylation is 1. The van der Waals surface area contributed by atoms with Crippen molar-refractivity contribution in [2.75, 3.05) is 13.7 Å². The molecule has 0 amide bonds. The normalized spacial score (nSPS) is 10.1. The van der Waals surface area contributed by atoms with Crippen LogP contribution in [0.1, 0.15) is 15.9 Å². The zero-order valence-corrected chi connectivity index (χ0v) is 12.0. The summed E-state index contributed by atoms with van der Waals surface area (Å²) in [7, 11) is 1.30. The van der Waals surface area contributed by atoms with E-state index >= 15 is 0 Å². The number of methoxy groups -OCH3 is 1. The van der Waals surface area contributed by atoms with Gasteiger partial charge in [-0.05, 0) is 30.7 Å². The number of hydrogen-bond donors (Lipinski definition) is 2. The van der Waals surface area contributed by atoms with Crippen LogP contribution in [0.4, 0.5) is 13.2 Å². The van der Waals surface area contributed by atoms with E-state index < -0.39 is 30.7 Å². The molecule has 0 radical (unpaired) electrons. The Hall–Kier alpha value is -2.78. The van der Waals surface area contributed by atoms with E-state index in [0.717, 1.165) is 0 Å². The molecular weight excluding hydrogens is 325 g/mol. The molecule has 7 nitrogen and oxygen atoms in total. The van der Waals surface area contributed by atoms with Gasteiger partial charge in [0.2, 0.25) is 0 Å². The molecule has 10 heteroatoms. The summed E-state index contributed by atoms with van der Waals surface area (Å²) < 4.78 is 41.3. The summed E-state index contributed by atoms with van der Waals surface area (Å²) in [6.07, 6.45) is -5.08. The van der Waals surface area contributed by atoms with Crippen LogP contribution in [0.5, 0.6) is 5.75 Å². The number of alkyl halides is 3. The third-order valence-corrected chi connectivity index (χ3v) is 2.19. The first kappa shape index (κ1) is 20.2. The number of carboxylic acids is 2. The first-order chi connectivity index (χ1) is 10.5. The number of ether oxygens (including phenoxy) is 2. The largest absolute Gasteiger partial charge is 0.490 e. The molecule has 0 saturated heterocycles. The van der Waals surface area contributed by atoms with Crippen molar-refractivity contribution < 1.29 is 47.2 Å². The second kappa shape index (κ2) is 8.61. The Morgan fingerprint density at radius 3 is 2.04 bits per heavy atom. The van der Waals surface area contributed by atoms with E-state index in [4.69, 9.17) is 19.7 Å². The molecule has 0 spiro atoms. The lowest BCUT2D eigenvalue weighted by Gasteiger charge is -2.07. The Labute approximate surface area is 128 Å². The van der Waals surface area contributed by atoms with Crippen LogP contribution in [0.15, 0.2) is 18.2 Å². The van der Waals surface area contributed by atoms with Gasteiger partial charge in [0.25, 0.3) is 0 Å². The molecular formula is C13H13F3O7. The van der Waals surface area contributed by atoms with Crippen molar-refractivity contribution >= 4 is 17.9 Å². The highest BCUT2D eigenvalue weighted by atomic mass is 19.4. The van der Waals surface area contributed by atoms with E-state index in [0.29, 0.717) is 16.9 Å². The van der Waals surface area contributed by atoms with Gasteiger partial charge in [-0.1, -0.05) is 0 Å². The van der Waals surface area contributed by atoms with Gasteiger partial charge in [0.15, 0.2) is 6.61 Å². The highest BCUT2D eigenvalue weighted by molar-refractivity contribution is 5.89. The third-order valence-electron chi connectivity index (χ3n) is 2.19. The van der Waals surface area contributed by atoms with Crippen LogP contribution >= 0.6 is 0 Å². The van der Waals surface area contributed by atoms with Gasteiger partial charge in [-0.3, -0.25) is 0 Å². The van der Waals surface area contributed by atoms with Gasteiger partial charge in [-0.2, -0.15) is 13.2 Å². The van der Waals surface area contributed by atoms with E-state index in [1.165, 1.54) is 13.2 Å². The van der Waals surface area contributed by atoms with Gasteiger partial charge in [-0.25, -0.2) is 14.4 Å². The fourth-order valence-electron chi connectivity index (χ4n) is 1.20. The molecule has 0 aliphatic heterocycles. The zero-order chi connectivity index (χ0) is 18.2. The van der Waals surface area contributed by atoms with Crippen LogP contribution in [0, 0.1) is 6.92 Å². The monoisotopic (exact) mass is 338 g/mol. The van der Waals surface area contributed by atoms with Crippen molar-refractivity contribution in [3.05, 3.63) is 29.3 Å². The van der Waals surface area contributed by atoms with Gasteiger partial charge in [-0.15, -0.1) is 0 Å². The Morgan fingerprint density at radius 2 is 1.70 bits per heavy atom. The molecule has 0 aliphatic rings. The van der Waals surface area contributed by atoms with Crippen LogP contribution < -0.4 is 4.74 Å². The number of benzene rings is 1. The van der Waals surface area contributed by atoms with Crippen molar-refractivity contribution in [3.63, 3.8) is 0 Å². The van der Waals surface area contributed by atoms with Crippen molar-refractivity contribution in [2.45, 2.75) is 13.1 Å². The number of esters is 1. The fraction of sp³-hybridized carbons (Fsp3) is 0.308. The maximum Gasteiger partial charge on any atom is 0.490 e. The van der Waals surface area contributed by atoms with Crippen LogP contribution in [0.2, 0.25) is 0 Å². The van der Waals surface area contributed by atoms with E-state index in [1.54, 1.807) is 19.1 Å². The molecule has 0 aromatic heterocycles. The van der Waals surface area contributed by atoms with E-state index in [-0.39, 0.29) is 0 Å². The first-order valence-corrected chi connectivity index (χ1v) is 5.82. The smallest absolute Gasteiger partial charge is 0.482 e. The number of carbonyl (C=O) groups is 3. The lowest BCUT2D eigenvalue weighted by molar-refractivity contribution is -0.192. The number of rotatable bonds is 4. The molecule has 0 heterocycles. The van der Waals surface area contributed by atoms with Crippen LogP contribution in [0.3, 0.4) is 0 Å². The predicted molar refractivity (Wildman–Crippen MR) is 69.3 cm³/mol. The quantitative estimate of drug-likeness (QED) is 0.807. The van der Waals surface area contributed by atoms with Crippen molar-refractivity contribution in [1.82, 2.24) is 0 Å². The average molecular weight is 338 g/mol. The molecule has 1 aromatic rings. The Bertz CT molecular complexity index is 581. The van der Waals surface area contributed by atoms with Gasteiger partial charge in [0, 0.05) is 0 Å². The standard InChI is InChI=1S/C11H12O5.C2HF3O2/c1-7-5-8(11(14)15-2)3-4-9(7)16-6-10(12)13;3-2(4,5)1(6)7/h3-5H,6H2,1-2H3,(H,12,13);(H,6,7). The van der Waals surface area contributed by atoms with Crippen LogP contribution in [0.25, 0.3) is 0 Å². The minimum absolute atomic E-state index is 0.404. The highest BCUT2D eigenvalue weighted by Gasteiger charge is 2.38. The molecule has 0 unspecified atom stereocenters. The zero-order valence-electron chi connectivity index (χ0n) is 12.0. The van der Waals surface area contributed by atoms with Gasteiger partial charge in [0.1, 0.15) is 5.75 Å². The minimum Gasteiger partial charge on any atom is -0.482 e. The Kier molecular flexibility index (Phi) is 7.57. The molecule has 128 valence electrons. The van der Waals surface area contributed by atoms with Gasteiger partial charge in [0.05, 0.1) is 12.7 Å². The SMILES string of the molecule is COC(=O)c1ccc(OCC(=O)O)c(C)c1.O=C(O)C(F)(F)F. The lowest BCUT2D eigenvalue weighted by atomic mass is 10.1. The highest BCUT2D eigenvalue weighted by Crippen LogP contribution is 2.19. The topological polar surface area (TPSA) is 110 Å². The summed E-state index contributed by atoms with van der Waals surface area (Å²) in [4.78, 5) is 30.4. The average Bonchev–Trinajstić information content (AvgIpc) is 2.44. The van der Waals surface area contributed by atoms with Gasteiger partial charge >= 0.3 is 24.1 Å². The molecule has 23 heavy (non-hydrogen) atoms. The number of hydrogen-bond acceptors (Lipinski definition) is 5. The van der Waals surface area contributed by atoms with E-state index in [9.17, 15) is 22.8 Å². The van der Waals surface area contributed by atoms with Crippen LogP contribution in [-0.2, 0) is 14.3 Å². The van der Waals surface area contributed by atoms with Crippen LogP contribution in [-0.4, -0.2) is 48.0 Å². The molecule has 1 aromatic carbocycles. The number of carboxylic acid groups (broad SMARTS) is 2. The maximum absolute atomic E-state index is 11.2. The fourth-order valence-corrected chi connectivity index (χ4v) is 1.20. The first-order valence-electron chi connectivity index (χ1n) is 5.82. The molecule has 0 saturated carbocycles. The predicted octanol–water partition coefficient (Wildman–Crippen LogP) is 1.88. The Balaban J connectivity index is 0.000000585. The number of carbonyl (C=O) groups excluding carboxylic acids is 1. The lowest BCUT2D eigenvalue weighted by Crippen LogP contribution is -2.21. The maximum atomic E-state index is 11.2. The minimum atomic E-state index is -5.08. The second-order valence-corrected chi connectivity index (χ2v) is 3.96. The molecule has 2 N–H and O–H groups in total. The summed E-state index contributed by atoms with van der Waals surface area (Å²) in [5.74, 6) is -3.80. The second-order valence-electron chi connectivity index (χ2n) is 3.96. The summed E-state index contributed by atoms with van der Waals surface area (Å²) in [5, 5.41) is 15.6. The summed E-state index contributed by atoms with van der Waals surface area (Å²) >= 11 is 0. The summed E-state index contributed by atoms with van der Waals surface area (Å²) in [5.41, 5.74) is 1.09. The van der Waals surface area contributed by atoms with Crippen molar-refractivity contribution in [1.29, 1.82) is 0 Å². The van der Waals surface area contributed by atoms with E-state index in [1.807, 2.05) is 0 Å². The Morgan fingerprint density at radius 1 is 1.17 bits per heavy atom. The van der Waals surface area contributed by atoms with Gasteiger partial charge < -0.3 is 19.7 Å². The van der Waals surface area contributed by atoms with Crippen molar-refractivity contribution in [2.24, 2.45) is 0 Å². The van der Waals surface area contributed by atoms with E-state index in [2.05, 4.69) is 4.74 Å². The van der Waals surface area contributed by atoms with Crippen molar-refractivity contribution in [3.8, 4) is 5.75 Å². The summed E-state index contributed by atoms with van der Waals surface area (Å²) in [6.45, 7) is 1.32. The molecule has 0 atom stereocenters. The molecule has 0 bridgehead atoms. The molecule has 1 rings (SSSR count). The third kappa shape index (κ3) is 7.69. The summed E-state index contributed by atoms with van der Waals surface area (Å²) in [6, 6.07) is 4.66. The number of aliphatic carboxylic acids is 2. The molecule has 0 fully saturated rings.